The molecule has 0 heterocycles. The first kappa shape index (κ1) is 12.4. The third-order valence-electron chi connectivity index (χ3n) is 5.00. The van der Waals surface area contributed by atoms with Gasteiger partial charge in [0.25, 0.3) is 0 Å². The highest BCUT2D eigenvalue weighted by Gasteiger charge is 2.40. The number of nitrogens with one attached hydrogen (secondary N) is 1. The van der Waals surface area contributed by atoms with Crippen LogP contribution in [0.4, 0.5) is 0 Å². The Morgan fingerprint density at radius 1 is 1.19 bits per heavy atom. The second-order valence-electron chi connectivity index (χ2n) is 6.83. The second-order valence-corrected chi connectivity index (χ2v) is 6.83. The predicted octanol–water partition coefficient (Wildman–Crippen LogP) is 3.84. The fourth-order valence-electron chi connectivity index (χ4n) is 3.70. The van der Waals surface area contributed by atoms with Gasteiger partial charge in [0.05, 0.1) is 0 Å². The minimum Gasteiger partial charge on any atom is -0.317 e. The summed E-state index contributed by atoms with van der Waals surface area (Å²) < 4.78 is 0. The first-order valence-electron chi connectivity index (χ1n) is 7.33. The molecule has 1 heteroatoms. The minimum absolute atomic E-state index is 0.614. The van der Waals surface area contributed by atoms with Gasteiger partial charge in [0.15, 0.2) is 0 Å². The average Bonchev–Trinajstić information content (AvgIpc) is 2.13. The van der Waals surface area contributed by atoms with Crippen molar-refractivity contribution in [2.45, 2.75) is 59.3 Å². The summed E-state index contributed by atoms with van der Waals surface area (Å²) in [4.78, 5) is 0. The van der Waals surface area contributed by atoms with Crippen LogP contribution in [0.2, 0.25) is 0 Å². The molecule has 2 atom stereocenters. The molecule has 0 aromatic carbocycles. The lowest BCUT2D eigenvalue weighted by molar-refractivity contribution is 0.0411. The lowest BCUT2D eigenvalue weighted by Gasteiger charge is -2.47. The van der Waals surface area contributed by atoms with Gasteiger partial charge in [-0.15, -0.1) is 0 Å². The molecule has 0 bridgehead atoms. The molecule has 2 rings (SSSR count). The minimum atomic E-state index is 0.614. The highest BCUT2D eigenvalue weighted by molar-refractivity contribution is 4.91. The molecule has 2 aliphatic rings. The summed E-state index contributed by atoms with van der Waals surface area (Å²) in [6.07, 6.45) is 8.91. The van der Waals surface area contributed by atoms with Gasteiger partial charge in [-0.05, 0) is 55.5 Å². The molecular formula is C15H29N. The van der Waals surface area contributed by atoms with Crippen molar-refractivity contribution in [1.82, 2.24) is 5.32 Å². The normalized spacial score (nSPS) is 34.7. The third kappa shape index (κ3) is 2.80. The summed E-state index contributed by atoms with van der Waals surface area (Å²) >= 11 is 0. The zero-order valence-electron chi connectivity index (χ0n) is 11.4. The van der Waals surface area contributed by atoms with Crippen molar-refractivity contribution in [2.24, 2.45) is 23.2 Å². The van der Waals surface area contributed by atoms with Crippen molar-refractivity contribution in [3.05, 3.63) is 0 Å². The quantitative estimate of drug-likeness (QED) is 0.763. The van der Waals surface area contributed by atoms with Crippen LogP contribution in [0.5, 0.6) is 0 Å². The van der Waals surface area contributed by atoms with E-state index in [9.17, 15) is 0 Å². The van der Waals surface area contributed by atoms with Crippen molar-refractivity contribution in [3.63, 3.8) is 0 Å². The SMILES string of the molecule is CCNCC1CCC(C)(C)CC1C1CCC1. The van der Waals surface area contributed by atoms with Crippen LogP contribution in [0.15, 0.2) is 0 Å². The molecule has 2 saturated carbocycles. The Labute approximate surface area is 101 Å². The molecule has 94 valence electrons. The Balaban J connectivity index is 1.94. The topological polar surface area (TPSA) is 12.0 Å². The van der Waals surface area contributed by atoms with Crippen LogP contribution >= 0.6 is 0 Å². The Hall–Kier alpha value is -0.0400. The standard InChI is InChI=1S/C15H29N/c1-4-16-11-13-8-9-15(2,3)10-14(13)12-6-5-7-12/h12-14,16H,4-11H2,1-3H3. The van der Waals surface area contributed by atoms with E-state index in [2.05, 4.69) is 26.1 Å². The average molecular weight is 223 g/mol. The molecule has 16 heavy (non-hydrogen) atoms. The molecule has 0 saturated heterocycles. The second kappa shape index (κ2) is 5.08. The lowest BCUT2D eigenvalue weighted by atomic mass is 9.59. The van der Waals surface area contributed by atoms with Gasteiger partial charge in [-0.3, -0.25) is 0 Å². The van der Waals surface area contributed by atoms with Crippen LogP contribution in [-0.2, 0) is 0 Å². The third-order valence-corrected chi connectivity index (χ3v) is 5.00. The Morgan fingerprint density at radius 3 is 2.50 bits per heavy atom. The molecule has 0 spiro atoms. The van der Waals surface area contributed by atoms with Crippen molar-refractivity contribution < 1.29 is 0 Å². The monoisotopic (exact) mass is 223 g/mol. The van der Waals surface area contributed by atoms with Gasteiger partial charge in [0, 0.05) is 0 Å². The number of hydrogen-bond acceptors (Lipinski definition) is 1. The maximum atomic E-state index is 3.58. The van der Waals surface area contributed by atoms with Crippen molar-refractivity contribution in [1.29, 1.82) is 0 Å². The van der Waals surface area contributed by atoms with Crippen molar-refractivity contribution >= 4 is 0 Å². The highest BCUT2D eigenvalue weighted by atomic mass is 14.8. The summed E-state index contributed by atoms with van der Waals surface area (Å²) in [5, 5.41) is 3.58. The lowest BCUT2D eigenvalue weighted by Crippen LogP contribution is -2.41. The maximum Gasteiger partial charge on any atom is -0.00179 e. The fourth-order valence-corrected chi connectivity index (χ4v) is 3.70. The number of hydrogen-bond donors (Lipinski definition) is 1. The summed E-state index contributed by atoms with van der Waals surface area (Å²) in [5.41, 5.74) is 0.614. The van der Waals surface area contributed by atoms with E-state index in [0.29, 0.717) is 5.41 Å². The van der Waals surface area contributed by atoms with E-state index in [1.807, 2.05) is 0 Å². The number of rotatable bonds is 4. The molecular weight excluding hydrogens is 194 g/mol. The molecule has 1 N–H and O–H groups in total. The van der Waals surface area contributed by atoms with E-state index >= 15 is 0 Å². The molecule has 0 aliphatic heterocycles. The molecule has 0 amide bonds. The Morgan fingerprint density at radius 2 is 1.94 bits per heavy atom. The van der Waals surface area contributed by atoms with Gasteiger partial charge < -0.3 is 5.32 Å². The summed E-state index contributed by atoms with van der Waals surface area (Å²) in [5.74, 6) is 3.07. The molecule has 0 aromatic rings. The zero-order chi connectivity index (χ0) is 11.6. The van der Waals surface area contributed by atoms with Crippen LogP contribution in [0.1, 0.15) is 59.3 Å². The van der Waals surface area contributed by atoms with E-state index < -0.39 is 0 Å². The smallest absolute Gasteiger partial charge is 0.00179 e. The van der Waals surface area contributed by atoms with Crippen LogP contribution in [0.25, 0.3) is 0 Å². The Kier molecular flexibility index (Phi) is 3.94. The molecule has 0 aromatic heterocycles. The van der Waals surface area contributed by atoms with E-state index in [1.165, 1.54) is 45.1 Å². The van der Waals surface area contributed by atoms with E-state index in [4.69, 9.17) is 0 Å². The van der Waals surface area contributed by atoms with Crippen molar-refractivity contribution in [2.75, 3.05) is 13.1 Å². The van der Waals surface area contributed by atoms with E-state index in [-0.39, 0.29) is 0 Å². The van der Waals surface area contributed by atoms with Crippen LogP contribution in [0, 0.1) is 23.2 Å². The summed E-state index contributed by atoms with van der Waals surface area (Å²) in [6, 6.07) is 0. The van der Waals surface area contributed by atoms with Gasteiger partial charge in [0.1, 0.15) is 0 Å². The molecule has 2 aliphatic carbocycles. The Bertz CT molecular complexity index is 217. The largest absolute Gasteiger partial charge is 0.317 e. The van der Waals surface area contributed by atoms with Gasteiger partial charge >= 0.3 is 0 Å². The maximum absolute atomic E-state index is 3.58. The van der Waals surface area contributed by atoms with Gasteiger partial charge in [-0.1, -0.05) is 40.0 Å². The highest BCUT2D eigenvalue weighted by Crippen LogP contribution is 2.49. The van der Waals surface area contributed by atoms with Crippen LogP contribution < -0.4 is 5.32 Å². The van der Waals surface area contributed by atoms with Gasteiger partial charge in [-0.25, -0.2) is 0 Å². The summed E-state index contributed by atoms with van der Waals surface area (Å²) in [6.45, 7) is 9.58. The van der Waals surface area contributed by atoms with E-state index in [1.54, 1.807) is 0 Å². The van der Waals surface area contributed by atoms with Gasteiger partial charge in [-0.2, -0.15) is 0 Å². The van der Waals surface area contributed by atoms with Gasteiger partial charge in [0.2, 0.25) is 0 Å². The van der Waals surface area contributed by atoms with Crippen LogP contribution in [0.3, 0.4) is 0 Å². The van der Waals surface area contributed by atoms with Crippen molar-refractivity contribution in [3.8, 4) is 0 Å². The molecule has 2 unspecified atom stereocenters. The first-order chi connectivity index (χ1) is 7.62. The molecule has 2 fully saturated rings. The molecule has 1 nitrogen and oxygen atoms in total. The predicted molar refractivity (Wildman–Crippen MR) is 70.5 cm³/mol. The van der Waals surface area contributed by atoms with Crippen LogP contribution in [-0.4, -0.2) is 13.1 Å². The summed E-state index contributed by atoms with van der Waals surface area (Å²) in [7, 11) is 0. The molecule has 0 radical (unpaired) electrons. The zero-order valence-corrected chi connectivity index (χ0v) is 11.4. The fraction of sp³-hybridized carbons (Fsp3) is 1.00. The first-order valence-corrected chi connectivity index (χ1v) is 7.33. The van der Waals surface area contributed by atoms with E-state index in [0.717, 1.165) is 24.3 Å².